The molecule has 2 aromatic rings. The van der Waals surface area contributed by atoms with Gasteiger partial charge in [-0.3, -0.25) is 9.78 Å². The number of nitrogens with zero attached hydrogens (tertiary/aromatic N) is 1. The number of benzene rings is 1. The van der Waals surface area contributed by atoms with Gasteiger partial charge in [-0.25, -0.2) is 4.39 Å². The largest absolute Gasteiger partial charge is 0.398 e. The number of halogens is 1. The normalized spacial score (nSPS) is 10.2. The minimum Gasteiger partial charge on any atom is -0.398 e. The molecule has 0 saturated carbocycles. The number of aromatic nitrogens is 1. The topological polar surface area (TPSA) is 56.0 Å². The minimum absolute atomic E-state index is 0.168. The lowest BCUT2D eigenvalue weighted by atomic mass is 10.0. The number of carbonyl (C=O) groups excluding carboxylic acids is 1. The van der Waals surface area contributed by atoms with E-state index in [0.29, 0.717) is 5.69 Å². The molecular formula is C13H11FN2O. The number of pyridine rings is 1. The molecule has 1 aromatic heterocycles. The summed E-state index contributed by atoms with van der Waals surface area (Å²) in [6.45, 7) is 0. The van der Waals surface area contributed by atoms with E-state index >= 15 is 0 Å². The van der Waals surface area contributed by atoms with Gasteiger partial charge in [0.1, 0.15) is 5.82 Å². The number of hydrogen-bond donors (Lipinski definition) is 1. The van der Waals surface area contributed by atoms with Crippen molar-refractivity contribution in [2.45, 2.75) is 6.42 Å². The van der Waals surface area contributed by atoms with Crippen LogP contribution >= 0.6 is 0 Å². The second-order valence-electron chi connectivity index (χ2n) is 3.69. The van der Waals surface area contributed by atoms with Crippen molar-refractivity contribution in [2.24, 2.45) is 0 Å². The van der Waals surface area contributed by atoms with Gasteiger partial charge in [0.25, 0.3) is 0 Å². The molecule has 0 aliphatic rings. The molecule has 0 aliphatic heterocycles. The lowest BCUT2D eigenvalue weighted by Gasteiger charge is -2.04. The van der Waals surface area contributed by atoms with Crippen LogP contribution in [0.1, 0.15) is 15.9 Å². The van der Waals surface area contributed by atoms with Gasteiger partial charge in [0.15, 0.2) is 5.78 Å². The van der Waals surface area contributed by atoms with E-state index in [9.17, 15) is 9.18 Å². The first-order valence-electron chi connectivity index (χ1n) is 5.14. The van der Waals surface area contributed by atoms with Crippen molar-refractivity contribution in [1.29, 1.82) is 0 Å². The van der Waals surface area contributed by atoms with Gasteiger partial charge in [0.2, 0.25) is 0 Å². The van der Waals surface area contributed by atoms with E-state index in [4.69, 9.17) is 5.73 Å². The van der Waals surface area contributed by atoms with E-state index in [1.54, 1.807) is 24.5 Å². The molecule has 0 bridgehead atoms. The van der Waals surface area contributed by atoms with Crippen molar-refractivity contribution >= 4 is 11.5 Å². The summed E-state index contributed by atoms with van der Waals surface area (Å²) < 4.78 is 13.0. The van der Waals surface area contributed by atoms with E-state index in [1.165, 1.54) is 12.1 Å². The van der Waals surface area contributed by atoms with Crippen LogP contribution in [0, 0.1) is 5.82 Å². The molecule has 1 aromatic carbocycles. The van der Waals surface area contributed by atoms with Crippen LogP contribution in [0.3, 0.4) is 0 Å². The number of nitrogen functional groups attached to an aromatic ring is 1. The molecule has 0 amide bonds. The first-order valence-corrected chi connectivity index (χ1v) is 5.14. The predicted molar refractivity (Wildman–Crippen MR) is 63.1 cm³/mol. The summed E-state index contributed by atoms with van der Waals surface area (Å²) in [4.78, 5) is 15.8. The van der Waals surface area contributed by atoms with Crippen LogP contribution in [0.2, 0.25) is 0 Å². The predicted octanol–water partition coefficient (Wildman–Crippen LogP) is 2.23. The fourth-order valence-electron chi connectivity index (χ4n) is 1.55. The number of hydrogen-bond acceptors (Lipinski definition) is 3. The van der Waals surface area contributed by atoms with Crippen LogP contribution in [0.15, 0.2) is 42.7 Å². The third-order valence-electron chi connectivity index (χ3n) is 2.40. The standard InChI is InChI=1S/C13H11FN2O/c14-10-3-4-12(15)11(7-10)13(17)6-9-2-1-5-16-8-9/h1-5,7-8H,6,15H2. The van der Waals surface area contributed by atoms with Gasteiger partial charge in [-0.05, 0) is 29.8 Å². The van der Waals surface area contributed by atoms with E-state index in [0.717, 1.165) is 11.6 Å². The molecular weight excluding hydrogens is 219 g/mol. The Labute approximate surface area is 98.1 Å². The van der Waals surface area contributed by atoms with Crippen molar-refractivity contribution < 1.29 is 9.18 Å². The number of rotatable bonds is 3. The molecule has 0 unspecified atom stereocenters. The van der Waals surface area contributed by atoms with Crippen LogP contribution < -0.4 is 5.73 Å². The first kappa shape index (κ1) is 11.3. The highest BCUT2D eigenvalue weighted by atomic mass is 19.1. The summed E-state index contributed by atoms with van der Waals surface area (Å²) in [5, 5.41) is 0. The Morgan fingerprint density at radius 2 is 2.18 bits per heavy atom. The molecule has 3 nitrogen and oxygen atoms in total. The van der Waals surface area contributed by atoms with Crippen LogP contribution in [-0.2, 0) is 6.42 Å². The average molecular weight is 230 g/mol. The summed E-state index contributed by atoms with van der Waals surface area (Å²) in [7, 11) is 0. The third kappa shape index (κ3) is 2.66. The van der Waals surface area contributed by atoms with Gasteiger partial charge in [-0.2, -0.15) is 0 Å². The highest BCUT2D eigenvalue weighted by Gasteiger charge is 2.11. The Morgan fingerprint density at radius 3 is 2.88 bits per heavy atom. The summed E-state index contributed by atoms with van der Waals surface area (Å²) >= 11 is 0. The molecule has 86 valence electrons. The third-order valence-corrected chi connectivity index (χ3v) is 2.40. The van der Waals surface area contributed by atoms with Crippen molar-refractivity contribution in [1.82, 2.24) is 4.98 Å². The SMILES string of the molecule is Nc1ccc(F)cc1C(=O)Cc1cccnc1. The van der Waals surface area contributed by atoms with Crippen molar-refractivity contribution in [2.75, 3.05) is 5.73 Å². The van der Waals surface area contributed by atoms with Crippen molar-refractivity contribution in [3.8, 4) is 0 Å². The molecule has 2 N–H and O–H groups in total. The average Bonchev–Trinajstić information content (AvgIpc) is 2.33. The van der Waals surface area contributed by atoms with Crippen molar-refractivity contribution in [3.63, 3.8) is 0 Å². The number of Topliss-reactive ketones (excluding diaryl/α,β-unsaturated/α-hetero) is 1. The smallest absolute Gasteiger partial charge is 0.169 e. The highest BCUT2D eigenvalue weighted by Crippen LogP contribution is 2.16. The Kier molecular flexibility index (Phi) is 3.14. The summed E-state index contributed by atoms with van der Waals surface area (Å²) in [5.74, 6) is -0.677. The zero-order valence-electron chi connectivity index (χ0n) is 9.06. The zero-order valence-corrected chi connectivity index (χ0v) is 9.06. The molecule has 4 heteroatoms. The van der Waals surface area contributed by atoms with Crippen LogP contribution in [0.4, 0.5) is 10.1 Å². The van der Waals surface area contributed by atoms with E-state index in [2.05, 4.69) is 4.98 Å². The molecule has 17 heavy (non-hydrogen) atoms. The van der Waals surface area contributed by atoms with Crippen LogP contribution in [-0.4, -0.2) is 10.8 Å². The van der Waals surface area contributed by atoms with Crippen molar-refractivity contribution in [3.05, 3.63) is 59.7 Å². The fraction of sp³-hybridized carbons (Fsp3) is 0.0769. The van der Waals surface area contributed by atoms with Gasteiger partial charge >= 0.3 is 0 Å². The molecule has 0 saturated heterocycles. The Bertz CT molecular complexity index is 540. The van der Waals surface area contributed by atoms with Gasteiger partial charge in [-0.15, -0.1) is 0 Å². The first-order chi connectivity index (χ1) is 8.16. The van der Waals surface area contributed by atoms with Crippen LogP contribution in [0.5, 0.6) is 0 Å². The Hall–Kier alpha value is -2.23. The van der Waals surface area contributed by atoms with E-state index in [-0.39, 0.29) is 17.8 Å². The second-order valence-corrected chi connectivity index (χ2v) is 3.69. The quantitative estimate of drug-likeness (QED) is 0.649. The van der Waals surface area contributed by atoms with Gasteiger partial charge in [0, 0.05) is 30.1 Å². The lowest BCUT2D eigenvalue weighted by molar-refractivity contribution is 0.0993. The molecule has 0 spiro atoms. The summed E-state index contributed by atoms with van der Waals surface area (Å²) in [6.07, 6.45) is 3.40. The van der Waals surface area contributed by atoms with Crippen LogP contribution in [0.25, 0.3) is 0 Å². The van der Waals surface area contributed by atoms with Gasteiger partial charge in [-0.1, -0.05) is 6.07 Å². The summed E-state index contributed by atoms with van der Waals surface area (Å²) in [5.41, 5.74) is 6.93. The van der Waals surface area contributed by atoms with E-state index < -0.39 is 5.82 Å². The molecule has 0 aliphatic carbocycles. The molecule has 0 radical (unpaired) electrons. The molecule has 0 atom stereocenters. The number of nitrogens with two attached hydrogens (primary N) is 1. The lowest BCUT2D eigenvalue weighted by Crippen LogP contribution is -2.07. The minimum atomic E-state index is -0.464. The highest BCUT2D eigenvalue weighted by molar-refractivity contribution is 6.01. The number of ketones is 1. The fourth-order valence-corrected chi connectivity index (χ4v) is 1.55. The monoisotopic (exact) mass is 230 g/mol. The molecule has 1 heterocycles. The van der Waals surface area contributed by atoms with Gasteiger partial charge in [0.05, 0.1) is 0 Å². The maximum atomic E-state index is 13.0. The summed E-state index contributed by atoms with van der Waals surface area (Å²) in [6, 6.07) is 7.33. The zero-order chi connectivity index (χ0) is 12.3. The van der Waals surface area contributed by atoms with Gasteiger partial charge < -0.3 is 5.73 Å². The number of anilines is 1. The Morgan fingerprint density at radius 1 is 1.35 bits per heavy atom. The molecule has 0 fully saturated rings. The van der Waals surface area contributed by atoms with E-state index in [1.807, 2.05) is 0 Å². The molecule has 2 rings (SSSR count). The second kappa shape index (κ2) is 4.74. The maximum absolute atomic E-state index is 13.0. The number of carbonyl (C=O) groups is 1. The maximum Gasteiger partial charge on any atom is 0.169 e. The Balaban J connectivity index is 2.23.